The van der Waals surface area contributed by atoms with E-state index in [-0.39, 0.29) is 17.9 Å². The van der Waals surface area contributed by atoms with Crippen molar-refractivity contribution in [1.29, 1.82) is 0 Å². The Morgan fingerprint density at radius 3 is 2.24 bits per heavy atom. The van der Waals surface area contributed by atoms with Crippen molar-refractivity contribution < 1.29 is 19.1 Å². The zero-order chi connectivity index (χ0) is 15.2. The number of Topliss-reactive ketones (excluding diaryl/α,β-unsaturated/α-hetero) is 1. The van der Waals surface area contributed by atoms with Crippen molar-refractivity contribution in [2.75, 3.05) is 7.11 Å². The molecule has 0 amide bonds. The molecular weight excluding hydrogens is 268 g/mol. The van der Waals surface area contributed by atoms with E-state index in [9.17, 15) is 9.59 Å². The highest BCUT2D eigenvalue weighted by Crippen LogP contribution is 2.29. The zero-order valence-corrected chi connectivity index (χ0v) is 12.6. The number of ketones is 1. The Balaban J connectivity index is 1.80. The van der Waals surface area contributed by atoms with Gasteiger partial charge in [-0.15, -0.1) is 0 Å². The predicted molar refractivity (Wildman–Crippen MR) is 79.5 cm³/mol. The molecule has 0 spiro atoms. The predicted octanol–water partition coefficient (Wildman–Crippen LogP) is 3.39. The van der Waals surface area contributed by atoms with Gasteiger partial charge in [-0.05, 0) is 62.8 Å². The molecule has 21 heavy (non-hydrogen) atoms. The van der Waals surface area contributed by atoms with Crippen LogP contribution in [0.3, 0.4) is 0 Å². The third kappa shape index (κ3) is 4.59. The number of hydrogen-bond donors (Lipinski definition) is 0. The monoisotopic (exact) mass is 290 g/mol. The van der Waals surface area contributed by atoms with Gasteiger partial charge < -0.3 is 9.47 Å². The van der Waals surface area contributed by atoms with Crippen LogP contribution in [0.2, 0.25) is 0 Å². The molecule has 1 aliphatic rings. The largest absolute Gasteiger partial charge is 0.490 e. The van der Waals surface area contributed by atoms with Gasteiger partial charge in [-0.25, -0.2) is 0 Å². The van der Waals surface area contributed by atoms with Gasteiger partial charge in [0.05, 0.1) is 13.2 Å². The summed E-state index contributed by atoms with van der Waals surface area (Å²) in [7, 11) is 1.43. The summed E-state index contributed by atoms with van der Waals surface area (Å²) >= 11 is 0. The second kappa shape index (κ2) is 7.25. The molecule has 4 nitrogen and oxygen atoms in total. The standard InChI is InChI=1S/C17H22O4/c1-12(18)14-5-9-16(10-6-14)21-15-7-3-13(4-8-15)11-17(19)20-2/h5-6,9-10,13,15H,3-4,7-8,11H2,1-2H3. The first kappa shape index (κ1) is 15.5. The maximum Gasteiger partial charge on any atom is 0.305 e. The van der Waals surface area contributed by atoms with E-state index < -0.39 is 0 Å². The molecule has 2 rings (SSSR count). The number of rotatable bonds is 5. The van der Waals surface area contributed by atoms with Crippen molar-refractivity contribution in [2.24, 2.45) is 5.92 Å². The average Bonchev–Trinajstić information content (AvgIpc) is 2.49. The molecule has 0 radical (unpaired) electrons. The van der Waals surface area contributed by atoms with Crippen LogP contribution in [-0.2, 0) is 9.53 Å². The Morgan fingerprint density at radius 1 is 1.10 bits per heavy atom. The molecule has 1 saturated carbocycles. The van der Waals surface area contributed by atoms with E-state index in [1.807, 2.05) is 12.1 Å². The van der Waals surface area contributed by atoms with Crippen LogP contribution in [0.1, 0.15) is 49.4 Å². The van der Waals surface area contributed by atoms with Gasteiger partial charge in [0.1, 0.15) is 5.75 Å². The summed E-state index contributed by atoms with van der Waals surface area (Å²) in [4.78, 5) is 22.5. The molecule has 1 aliphatic carbocycles. The number of ether oxygens (including phenoxy) is 2. The first-order valence-electron chi connectivity index (χ1n) is 7.43. The first-order chi connectivity index (χ1) is 10.1. The van der Waals surface area contributed by atoms with Gasteiger partial charge in [-0.1, -0.05) is 0 Å². The number of carbonyl (C=O) groups is 2. The van der Waals surface area contributed by atoms with Crippen LogP contribution in [0.4, 0.5) is 0 Å². The molecular formula is C17H22O4. The Kier molecular flexibility index (Phi) is 5.37. The molecule has 0 unspecified atom stereocenters. The van der Waals surface area contributed by atoms with E-state index in [1.165, 1.54) is 7.11 Å². The SMILES string of the molecule is COC(=O)CC1CCC(Oc2ccc(C(C)=O)cc2)CC1. The third-order valence-corrected chi connectivity index (χ3v) is 4.04. The maximum atomic E-state index is 11.3. The Labute approximate surface area is 125 Å². The van der Waals surface area contributed by atoms with Gasteiger partial charge in [0.2, 0.25) is 0 Å². The molecule has 0 bridgehead atoms. The lowest BCUT2D eigenvalue weighted by molar-refractivity contribution is -0.142. The van der Waals surface area contributed by atoms with Gasteiger partial charge in [0, 0.05) is 12.0 Å². The third-order valence-electron chi connectivity index (χ3n) is 4.04. The van der Waals surface area contributed by atoms with Gasteiger partial charge in [-0.3, -0.25) is 9.59 Å². The number of esters is 1. The molecule has 0 aromatic heterocycles. The number of methoxy groups -OCH3 is 1. The normalized spacial score (nSPS) is 21.6. The molecule has 1 fully saturated rings. The molecule has 0 heterocycles. The fourth-order valence-corrected chi connectivity index (χ4v) is 2.73. The van der Waals surface area contributed by atoms with Crippen molar-refractivity contribution in [3.8, 4) is 5.75 Å². The summed E-state index contributed by atoms with van der Waals surface area (Å²) in [5, 5.41) is 0. The summed E-state index contributed by atoms with van der Waals surface area (Å²) < 4.78 is 10.7. The molecule has 0 N–H and O–H groups in total. The second-order valence-corrected chi connectivity index (χ2v) is 5.62. The highest BCUT2D eigenvalue weighted by atomic mass is 16.5. The topological polar surface area (TPSA) is 52.6 Å². The summed E-state index contributed by atoms with van der Waals surface area (Å²) in [6, 6.07) is 7.27. The van der Waals surface area contributed by atoms with Crippen LogP contribution in [0.25, 0.3) is 0 Å². The Bertz CT molecular complexity index is 484. The highest BCUT2D eigenvalue weighted by molar-refractivity contribution is 5.94. The first-order valence-corrected chi connectivity index (χ1v) is 7.43. The molecule has 1 aromatic carbocycles. The van der Waals surface area contributed by atoms with E-state index in [4.69, 9.17) is 9.47 Å². The highest BCUT2D eigenvalue weighted by Gasteiger charge is 2.24. The van der Waals surface area contributed by atoms with E-state index in [0.29, 0.717) is 17.9 Å². The van der Waals surface area contributed by atoms with E-state index >= 15 is 0 Å². The minimum absolute atomic E-state index is 0.0601. The van der Waals surface area contributed by atoms with E-state index in [2.05, 4.69) is 0 Å². The number of carbonyl (C=O) groups excluding carboxylic acids is 2. The fraction of sp³-hybridized carbons (Fsp3) is 0.529. The molecule has 114 valence electrons. The van der Waals surface area contributed by atoms with Crippen molar-refractivity contribution in [1.82, 2.24) is 0 Å². The summed E-state index contributed by atoms with van der Waals surface area (Å²) in [5.74, 6) is 1.15. The molecule has 4 heteroatoms. The lowest BCUT2D eigenvalue weighted by Crippen LogP contribution is -2.25. The quantitative estimate of drug-likeness (QED) is 0.616. The molecule has 0 aliphatic heterocycles. The van der Waals surface area contributed by atoms with Crippen molar-refractivity contribution in [3.63, 3.8) is 0 Å². The minimum atomic E-state index is -0.126. The van der Waals surface area contributed by atoms with Gasteiger partial charge in [0.15, 0.2) is 5.78 Å². The zero-order valence-electron chi connectivity index (χ0n) is 12.6. The smallest absolute Gasteiger partial charge is 0.305 e. The van der Waals surface area contributed by atoms with Crippen LogP contribution in [0, 0.1) is 5.92 Å². The number of hydrogen-bond acceptors (Lipinski definition) is 4. The second-order valence-electron chi connectivity index (χ2n) is 5.62. The summed E-state index contributed by atoms with van der Waals surface area (Å²) in [6.45, 7) is 1.55. The van der Waals surface area contributed by atoms with Crippen molar-refractivity contribution >= 4 is 11.8 Å². The van der Waals surface area contributed by atoms with Crippen LogP contribution in [0.5, 0.6) is 5.75 Å². The lowest BCUT2D eigenvalue weighted by atomic mass is 9.85. The van der Waals surface area contributed by atoms with Crippen LogP contribution in [-0.4, -0.2) is 25.0 Å². The summed E-state index contributed by atoms with van der Waals surface area (Å²) in [5.41, 5.74) is 0.698. The van der Waals surface area contributed by atoms with Crippen LogP contribution < -0.4 is 4.74 Å². The van der Waals surface area contributed by atoms with Crippen molar-refractivity contribution in [2.45, 2.75) is 45.1 Å². The Hall–Kier alpha value is -1.84. The van der Waals surface area contributed by atoms with Crippen LogP contribution in [0.15, 0.2) is 24.3 Å². The maximum absolute atomic E-state index is 11.3. The molecule has 0 atom stereocenters. The van der Waals surface area contributed by atoms with Gasteiger partial charge >= 0.3 is 5.97 Å². The minimum Gasteiger partial charge on any atom is -0.490 e. The molecule has 0 saturated heterocycles. The van der Waals surface area contributed by atoms with Gasteiger partial charge in [0.25, 0.3) is 0 Å². The average molecular weight is 290 g/mol. The van der Waals surface area contributed by atoms with Crippen LogP contribution >= 0.6 is 0 Å². The van der Waals surface area contributed by atoms with E-state index in [1.54, 1.807) is 19.1 Å². The van der Waals surface area contributed by atoms with Crippen molar-refractivity contribution in [3.05, 3.63) is 29.8 Å². The van der Waals surface area contributed by atoms with Gasteiger partial charge in [-0.2, -0.15) is 0 Å². The summed E-state index contributed by atoms with van der Waals surface area (Å²) in [6.07, 6.45) is 4.60. The molecule has 1 aromatic rings. The van der Waals surface area contributed by atoms with E-state index in [0.717, 1.165) is 31.4 Å². The Morgan fingerprint density at radius 2 is 1.71 bits per heavy atom. The lowest BCUT2D eigenvalue weighted by Gasteiger charge is -2.28. The fourth-order valence-electron chi connectivity index (χ4n) is 2.73. The number of benzene rings is 1.